The molecule has 2 amide bonds. The van der Waals surface area contributed by atoms with E-state index in [1.54, 1.807) is 7.05 Å². The van der Waals surface area contributed by atoms with Gasteiger partial charge in [-0.1, -0.05) is 51.1 Å². The summed E-state index contributed by atoms with van der Waals surface area (Å²) in [5, 5.41) is 5.55. The van der Waals surface area contributed by atoms with E-state index in [0.29, 0.717) is 0 Å². The van der Waals surface area contributed by atoms with Gasteiger partial charge in [-0.3, -0.25) is 14.5 Å². The van der Waals surface area contributed by atoms with E-state index in [2.05, 4.69) is 27.1 Å². The van der Waals surface area contributed by atoms with Gasteiger partial charge in [0.25, 0.3) is 0 Å². The lowest BCUT2D eigenvalue weighted by molar-refractivity contribution is -0.131. The molecule has 0 saturated heterocycles. The van der Waals surface area contributed by atoms with Gasteiger partial charge in [0.05, 0.1) is 17.8 Å². The monoisotopic (exact) mass is 397 g/mol. The number of rotatable bonds is 5. The first-order valence-electron chi connectivity index (χ1n) is 10.0. The molecule has 7 heteroatoms. The number of likely N-dealkylation sites (N-methyl/N-ethyl adjacent to an activating group) is 2. The molecule has 156 valence electrons. The Kier molecular flexibility index (Phi) is 6.07. The van der Waals surface area contributed by atoms with Crippen LogP contribution in [0.3, 0.4) is 0 Å². The predicted octanol–water partition coefficient (Wildman–Crippen LogP) is 1.81. The van der Waals surface area contributed by atoms with Gasteiger partial charge in [-0.05, 0) is 12.5 Å². The largest absolute Gasteiger partial charge is 0.357 e. The molecular formula is C22H31N5O2. The number of nitrogens with zero attached hydrogens (tertiary/aromatic N) is 3. The predicted molar refractivity (Wildman–Crippen MR) is 113 cm³/mol. The van der Waals surface area contributed by atoms with Gasteiger partial charge in [0.1, 0.15) is 11.9 Å². The van der Waals surface area contributed by atoms with Gasteiger partial charge >= 0.3 is 0 Å². The van der Waals surface area contributed by atoms with Crippen LogP contribution in [0, 0.1) is 5.41 Å². The second-order valence-corrected chi connectivity index (χ2v) is 8.74. The molecule has 2 N–H and O–H groups in total. The van der Waals surface area contributed by atoms with Crippen molar-refractivity contribution < 1.29 is 9.59 Å². The number of nitrogens with one attached hydrogen (secondary N) is 2. The van der Waals surface area contributed by atoms with Gasteiger partial charge in [-0.2, -0.15) is 0 Å². The second kappa shape index (κ2) is 8.37. The van der Waals surface area contributed by atoms with Gasteiger partial charge in [0.15, 0.2) is 0 Å². The Morgan fingerprint density at radius 3 is 2.48 bits per heavy atom. The zero-order chi connectivity index (χ0) is 21.2. The first-order chi connectivity index (χ1) is 13.7. The fourth-order valence-electron chi connectivity index (χ4n) is 3.69. The fourth-order valence-corrected chi connectivity index (χ4v) is 3.69. The summed E-state index contributed by atoms with van der Waals surface area (Å²) in [5.41, 5.74) is 2.50. The molecule has 7 nitrogen and oxygen atoms in total. The summed E-state index contributed by atoms with van der Waals surface area (Å²) in [5.74, 6) is 0.514. The highest BCUT2D eigenvalue weighted by Crippen LogP contribution is 2.26. The molecule has 1 aromatic heterocycles. The smallest absolute Gasteiger partial charge is 0.242 e. The second-order valence-electron chi connectivity index (χ2n) is 8.74. The standard InChI is InChI=1S/C22H31N5O2/c1-22(2,3)19(21(29)23-4)25-18(28)13-16-17-14-26(5)11-12-27(17)20(24-16)15-9-7-6-8-10-15/h6-10,19H,11-14H2,1-5H3,(H,23,29)(H,25,28)/t19-/m0/s1. The van der Waals surface area contributed by atoms with Crippen LogP contribution < -0.4 is 10.6 Å². The number of fused-ring (bicyclic) bond motifs is 1. The fraction of sp³-hybridized carbons (Fsp3) is 0.500. The molecule has 0 saturated carbocycles. The molecule has 2 aromatic rings. The van der Waals surface area contributed by atoms with E-state index in [-0.39, 0.29) is 18.2 Å². The van der Waals surface area contributed by atoms with E-state index in [0.717, 1.165) is 42.4 Å². The Morgan fingerprint density at radius 2 is 1.86 bits per heavy atom. The summed E-state index contributed by atoms with van der Waals surface area (Å²) in [6.45, 7) is 8.35. The first-order valence-corrected chi connectivity index (χ1v) is 10.0. The Bertz CT molecular complexity index is 883. The molecule has 1 aliphatic rings. The summed E-state index contributed by atoms with van der Waals surface area (Å²) in [6, 6.07) is 9.45. The summed E-state index contributed by atoms with van der Waals surface area (Å²) in [4.78, 5) is 32.2. The average molecular weight is 398 g/mol. The number of carbonyl (C=O) groups excluding carboxylic acids is 2. The molecule has 1 atom stereocenters. The van der Waals surface area contributed by atoms with E-state index >= 15 is 0 Å². The van der Waals surface area contributed by atoms with Crippen molar-refractivity contribution in [2.75, 3.05) is 20.6 Å². The number of hydrogen-bond acceptors (Lipinski definition) is 4. The third kappa shape index (κ3) is 4.67. The lowest BCUT2D eigenvalue weighted by Gasteiger charge is -2.30. The summed E-state index contributed by atoms with van der Waals surface area (Å²) >= 11 is 0. The number of amides is 2. The topological polar surface area (TPSA) is 79.3 Å². The summed E-state index contributed by atoms with van der Waals surface area (Å²) in [7, 11) is 3.66. The van der Waals surface area contributed by atoms with Crippen LogP contribution in [-0.2, 0) is 29.1 Å². The van der Waals surface area contributed by atoms with Crippen molar-refractivity contribution in [2.24, 2.45) is 5.41 Å². The molecule has 0 spiro atoms. The van der Waals surface area contributed by atoms with Crippen molar-refractivity contribution in [3.63, 3.8) is 0 Å². The van der Waals surface area contributed by atoms with Crippen LogP contribution in [0.5, 0.6) is 0 Å². The number of carbonyl (C=O) groups is 2. The minimum Gasteiger partial charge on any atom is -0.357 e. The highest BCUT2D eigenvalue weighted by atomic mass is 16.2. The van der Waals surface area contributed by atoms with E-state index < -0.39 is 11.5 Å². The summed E-state index contributed by atoms with van der Waals surface area (Å²) in [6.07, 6.45) is 0.152. The lowest BCUT2D eigenvalue weighted by atomic mass is 9.86. The maximum absolute atomic E-state index is 12.8. The van der Waals surface area contributed by atoms with Gasteiger partial charge in [0, 0.05) is 32.2 Å². The average Bonchev–Trinajstić information content (AvgIpc) is 3.03. The molecule has 3 rings (SSSR count). The first kappa shape index (κ1) is 21.0. The molecule has 1 aliphatic heterocycles. The van der Waals surface area contributed by atoms with Crippen molar-refractivity contribution >= 4 is 11.8 Å². The van der Waals surface area contributed by atoms with E-state index in [4.69, 9.17) is 4.98 Å². The maximum atomic E-state index is 12.8. The zero-order valence-electron chi connectivity index (χ0n) is 18.0. The molecular weight excluding hydrogens is 366 g/mol. The Hall–Kier alpha value is -2.67. The molecule has 2 heterocycles. The van der Waals surface area contributed by atoms with Gasteiger partial charge in [-0.25, -0.2) is 4.98 Å². The lowest BCUT2D eigenvalue weighted by Crippen LogP contribution is -2.53. The van der Waals surface area contributed by atoms with Crippen LogP contribution in [0.4, 0.5) is 0 Å². The van der Waals surface area contributed by atoms with Gasteiger partial charge in [0.2, 0.25) is 11.8 Å². The normalized spacial score (nSPS) is 15.5. The quantitative estimate of drug-likeness (QED) is 0.807. The SMILES string of the molecule is CNC(=O)[C@H](NC(=O)Cc1nc(-c2ccccc2)n2c1CN(C)CC2)C(C)(C)C. The molecule has 0 radical (unpaired) electrons. The van der Waals surface area contributed by atoms with Crippen molar-refractivity contribution in [3.05, 3.63) is 41.7 Å². The van der Waals surface area contributed by atoms with Crippen LogP contribution in [-0.4, -0.2) is 52.9 Å². The molecule has 1 aromatic carbocycles. The van der Waals surface area contributed by atoms with E-state index in [9.17, 15) is 9.59 Å². The summed E-state index contributed by atoms with van der Waals surface area (Å²) < 4.78 is 2.22. The number of imidazole rings is 1. The highest BCUT2D eigenvalue weighted by Gasteiger charge is 2.33. The molecule has 0 aliphatic carbocycles. The van der Waals surface area contributed by atoms with Gasteiger partial charge in [-0.15, -0.1) is 0 Å². The molecule has 29 heavy (non-hydrogen) atoms. The minimum absolute atomic E-state index is 0.152. The number of aromatic nitrogens is 2. The Balaban J connectivity index is 1.88. The number of hydrogen-bond donors (Lipinski definition) is 2. The Morgan fingerprint density at radius 1 is 1.17 bits per heavy atom. The van der Waals surface area contributed by atoms with Gasteiger partial charge < -0.3 is 15.2 Å². The zero-order valence-corrected chi connectivity index (χ0v) is 18.0. The van der Waals surface area contributed by atoms with Crippen LogP contribution in [0.1, 0.15) is 32.2 Å². The maximum Gasteiger partial charge on any atom is 0.242 e. The molecule has 0 fully saturated rings. The van der Waals surface area contributed by atoms with Crippen LogP contribution in [0.25, 0.3) is 11.4 Å². The van der Waals surface area contributed by atoms with Crippen molar-refractivity contribution in [1.29, 1.82) is 0 Å². The minimum atomic E-state index is -0.602. The third-order valence-electron chi connectivity index (χ3n) is 5.32. The van der Waals surface area contributed by atoms with Crippen LogP contribution >= 0.6 is 0 Å². The Labute approximate surface area is 172 Å². The van der Waals surface area contributed by atoms with E-state index in [1.807, 2.05) is 51.1 Å². The van der Waals surface area contributed by atoms with Crippen molar-refractivity contribution in [2.45, 2.75) is 46.3 Å². The number of benzene rings is 1. The van der Waals surface area contributed by atoms with Crippen LogP contribution in [0.15, 0.2) is 30.3 Å². The third-order valence-corrected chi connectivity index (χ3v) is 5.32. The van der Waals surface area contributed by atoms with E-state index in [1.165, 1.54) is 0 Å². The van der Waals surface area contributed by atoms with Crippen molar-refractivity contribution in [1.82, 2.24) is 25.1 Å². The molecule has 0 unspecified atom stereocenters. The van der Waals surface area contributed by atoms with Crippen LogP contribution in [0.2, 0.25) is 0 Å². The highest BCUT2D eigenvalue weighted by molar-refractivity contribution is 5.88. The molecule has 0 bridgehead atoms. The van der Waals surface area contributed by atoms with Crippen molar-refractivity contribution in [3.8, 4) is 11.4 Å².